The third-order valence-corrected chi connectivity index (χ3v) is 4.13. The van der Waals surface area contributed by atoms with Gasteiger partial charge < -0.3 is 5.73 Å². The summed E-state index contributed by atoms with van der Waals surface area (Å²) in [6.07, 6.45) is 3.58. The summed E-state index contributed by atoms with van der Waals surface area (Å²) in [4.78, 5) is 0. The molecule has 2 heteroatoms. The minimum Gasteiger partial charge on any atom is -0.330 e. The highest BCUT2D eigenvalue weighted by molar-refractivity contribution is 5.22. The third-order valence-electron chi connectivity index (χ3n) is 4.13. The number of hydrogen-bond donors (Lipinski definition) is 1. The minimum atomic E-state index is -0.159. The maximum Gasteiger partial charge on any atom is 0.123 e. The van der Waals surface area contributed by atoms with Gasteiger partial charge in [0.05, 0.1) is 0 Å². The fourth-order valence-electron chi connectivity index (χ4n) is 3.02. The molecule has 1 aliphatic rings. The van der Waals surface area contributed by atoms with Gasteiger partial charge in [0, 0.05) is 0 Å². The number of halogens is 1. The van der Waals surface area contributed by atoms with Gasteiger partial charge in [0.1, 0.15) is 5.82 Å². The molecule has 1 aromatic rings. The van der Waals surface area contributed by atoms with E-state index >= 15 is 0 Å². The lowest BCUT2D eigenvalue weighted by molar-refractivity contribution is 0.165. The largest absolute Gasteiger partial charge is 0.330 e. The molecule has 2 atom stereocenters. The first kappa shape index (κ1) is 12.6. The average Bonchev–Trinajstić information content (AvgIpc) is 2.29. The summed E-state index contributed by atoms with van der Waals surface area (Å²) in [5.74, 6) is 0.881. The molecule has 1 aliphatic carbocycles. The zero-order valence-electron chi connectivity index (χ0n) is 10.7. The number of hydrogen-bond acceptors (Lipinski definition) is 1. The zero-order valence-corrected chi connectivity index (χ0v) is 10.7. The maximum atomic E-state index is 13.0. The highest BCUT2D eigenvalue weighted by Crippen LogP contribution is 2.46. The van der Waals surface area contributed by atoms with Gasteiger partial charge in [0.15, 0.2) is 0 Å². The van der Waals surface area contributed by atoms with Gasteiger partial charge in [-0.3, -0.25) is 0 Å². The van der Waals surface area contributed by atoms with Crippen LogP contribution in [0.3, 0.4) is 0 Å². The third kappa shape index (κ3) is 2.86. The minimum absolute atomic E-state index is 0.159. The quantitative estimate of drug-likeness (QED) is 0.831. The van der Waals surface area contributed by atoms with E-state index in [0.29, 0.717) is 17.3 Å². The van der Waals surface area contributed by atoms with E-state index in [9.17, 15) is 4.39 Å². The van der Waals surface area contributed by atoms with Crippen LogP contribution in [-0.4, -0.2) is 6.54 Å². The van der Waals surface area contributed by atoms with Gasteiger partial charge in [0.2, 0.25) is 0 Å². The molecule has 2 rings (SSSR count). The maximum absolute atomic E-state index is 13.0. The van der Waals surface area contributed by atoms with Crippen LogP contribution in [0.15, 0.2) is 24.3 Å². The molecule has 0 spiro atoms. The van der Waals surface area contributed by atoms with Crippen LogP contribution in [0.4, 0.5) is 4.39 Å². The lowest BCUT2D eigenvalue weighted by Crippen LogP contribution is -2.32. The zero-order chi connectivity index (χ0) is 12.5. The highest BCUT2D eigenvalue weighted by Gasteiger charge is 2.34. The van der Waals surface area contributed by atoms with E-state index in [2.05, 4.69) is 13.8 Å². The summed E-state index contributed by atoms with van der Waals surface area (Å²) < 4.78 is 13.0. The van der Waals surface area contributed by atoms with Crippen LogP contribution in [-0.2, 0) is 0 Å². The van der Waals surface area contributed by atoms with Gasteiger partial charge in [0.25, 0.3) is 0 Å². The van der Waals surface area contributed by atoms with E-state index in [0.717, 1.165) is 13.0 Å². The van der Waals surface area contributed by atoms with Gasteiger partial charge >= 0.3 is 0 Å². The van der Waals surface area contributed by atoms with E-state index in [1.54, 1.807) is 12.1 Å². The standard InChI is InChI=1S/C15H22FN/c1-15(2)8-7-12(10-17)14(9-15)11-3-5-13(16)6-4-11/h3-6,12,14H,7-10,17H2,1-2H3. The molecule has 1 aromatic carbocycles. The highest BCUT2D eigenvalue weighted by atomic mass is 19.1. The van der Waals surface area contributed by atoms with Crippen molar-refractivity contribution < 1.29 is 4.39 Å². The molecule has 0 bridgehead atoms. The van der Waals surface area contributed by atoms with Crippen LogP contribution in [0.25, 0.3) is 0 Å². The lowest BCUT2D eigenvalue weighted by Gasteiger charge is -2.40. The van der Waals surface area contributed by atoms with Gasteiger partial charge in [-0.15, -0.1) is 0 Å². The molecule has 0 saturated heterocycles. The average molecular weight is 235 g/mol. The van der Waals surface area contributed by atoms with Crippen LogP contribution < -0.4 is 5.73 Å². The first-order valence-electron chi connectivity index (χ1n) is 6.47. The van der Waals surface area contributed by atoms with Crippen molar-refractivity contribution in [1.82, 2.24) is 0 Å². The Morgan fingerprint density at radius 2 is 1.94 bits per heavy atom. The molecule has 2 unspecified atom stereocenters. The topological polar surface area (TPSA) is 26.0 Å². The van der Waals surface area contributed by atoms with Crippen molar-refractivity contribution in [2.24, 2.45) is 17.1 Å². The van der Waals surface area contributed by atoms with Crippen molar-refractivity contribution in [3.8, 4) is 0 Å². The molecule has 17 heavy (non-hydrogen) atoms. The fourth-order valence-corrected chi connectivity index (χ4v) is 3.02. The Kier molecular flexibility index (Phi) is 3.53. The van der Waals surface area contributed by atoms with Crippen molar-refractivity contribution in [3.05, 3.63) is 35.6 Å². The van der Waals surface area contributed by atoms with Crippen LogP contribution in [0, 0.1) is 17.2 Å². The number of nitrogens with two attached hydrogens (primary N) is 1. The first-order chi connectivity index (χ1) is 8.02. The second kappa shape index (κ2) is 4.77. The predicted octanol–water partition coefficient (Wildman–Crippen LogP) is 3.69. The normalized spacial score (nSPS) is 28.0. The summed E-state index contributed by atoms with van der Waals surface area (Å²) in [6, 6.07) is 6.96. The Bertz CT molecular complexity index is 369. The van der Waals surface area contributed by atoms with Crippen LogP contribution in [0.5, 0.6) is 0 Å². The van der Waals surface area contributed by atoms with Crippen LogP contribution in [0.2, 0.25) is 0 Å². The van der Waals surface area contributed by atoms with E-state index < -0.39 is 0 Å². The Morgan fingerprint density at radius 3 is 2.53 bits per heavy atom. The van der Waals surface area contributed by atoms with Crippen molar-refractivity contribution in [1.29, 1.82) is 0 Å². The monoisotopic (exact) mass is 235 g/mol. The molecule has 0 aromatic heterocycles. The smallest absolute Gasteiger partial charge is 0.123 e. The second-order valence-electron chi connectivity index (χ2n) is 6.06. The Balaban J connectivity index is 2.23. The van der Waals surface area contributed by atoms with Crippen molar-refractivity contribution >= 4 is 0 Å². The van der Waals surface area contributed by atoms with Gasteiger partial charge in [-0.2, -0.15) is 0 Å². The van der Waals surface area contributed by atoms with Gasteiger partial charge in [-0.25, -0.2) is 4.39 Å². The molecule has 2 N–H and O–H groups in total. The van der Waals surface area contributed by atoms with Gasteiger partial charge in [-0.05, 0) is 60.8 Å². The van der Waals surface area contributed by atoms with Crippen molar-refractivity contribution in [2.45, 2.75) is 39.0 Å². The van der Waals surface area contributed by atoms with E-state index in [4.69, 9.17) is 5.73 Å². The molecule has 0 aliphatic heterocycles. The van der Waals surface area contributed by atoms with E-state index in [1.165, 1.54) is 18.4 Å². The number of rotatable bonds is 2. The Hall–Kier alpha value is -0.890. The summed E-state index contributed by atoms with van der Waals surface area (Å²) in [6.45, 7) is 5.37. The Morgan fingerprint density at radius 1 is 1.29 bits per heavy atom. The summed E-state index contributed by atoms with van der Waals surface area (Å²) in [5, 5.41) is 0. The van der Waals surface area contributed by atoms with Crippen molar-refractivity contribution in [3.63, 3.8) is 0 Å². The molecule has 0 heterocycles. The molecular weight excluding hydrogens is 213 g/mol. The van der Waals surface area contributed by atoms with Gasteiger partial charge in [-0.1, -0.05) is 26.0 Å². The second-order valence-corrected chi connectivity index (χ2v) is 6.06. The molecule has 94 valence electrons. The molecular formula is C15H22FN. The summed E-state index contributed by atoms with van der Waals surface area (Å²) in [7, 11) is 0. The van der Waals surface area contributed by atoms with Crippen LogP contribution >= 0.6 is 0 Å². The molecule has 1 saturated carbocycles. The van der Waals surface area contributed by atoms with E-state index in [-0.39, 0.29) is 5.82 Å². The van der Waals surface area contributed by atoms with Crippen molar-refractivity contribution in [2.75, 3.05) is 6.54 Å². The molecule has 1 nitrogen and oxygen atoms in total. The Labute approximate surface area is 103 Å². The summed E-state index contributed by atoms with van der Waals surface area (Å²) >= 11 is 0. The van der Waals surface area contributed by atoms with Crippen LogP contribution in [0.1, 0.15) is 44.6 Å². The SMILES string of the molecule is CC1(C)CCC(CN)C(c2ccc(F)cc2)C1. The fraction of sp³-hybridized carbons (Fsp3) is 0.600. The lowest BCUT2D eigenvalue weighted by atomic mass is 9.65. The first-order valence-corrected chi connectivity index (χ1v) is 6.47. The molecule has 0 amide bonds. The molecule has 0 radical (unpaired) electrons. The molecule has 1 fully saturated rings. The number of benzene rings is 1. The predicted molar refractivity (Wildman–Crippen MR) is 69.3 cm³/mol. The van der Waals surface area contributed by atoms with E-state index in [1.807, 2.05) is 12.1 Å². The summed E-state index contributed by atoms with van der Waals surface area (Å²) in [5.41, 5.74) is 7.50.